The van der Waals surface area contributed by atoms with E-state index in [0.717, 1.165) is 38.4 Å². The minimum atomic E-state index is 0.920. The first-order valence-electron chi connectivity index (χ1n) is 8.97. The summed E-state index contributed by atoms with van der Waals surface area (Å²) in [5.41, 5.74) is 5.94. The summed E-state index contributed by atoms with van der Waals surface area (Å²) in [4.78, 5) is 4.93. The predicted octanol–water partition coefficient (Wildman–Crippen LogP) is 3.36. The molecule has 0 saturated carbocycles. The van der Waals surface area contributed by atoms with Crippen LogP contribution in [0.2, 0.25) is 0 Å². The number of hydrogen-bond donors (Lipinski definition) is 0. The molecule has 5 rings (SSSR count). The van der Waals surface area contributed by atoms with Gasteiger partial charge in [-0.2, -0.15) is 11.3 Å². The van der Waals surface area contributed by atoms with Crippen molar-refractivity contribution in [2.45, 2.75) is 6.54 Å². The summed E-state index contributed by atoms with van der Waals surface area (Å²) in [5, 5.41) is 14.1. The topological polar surface area (TPSA) is 36.7 Å². The van der Waals surface area contributed by atoms with Crippen molar-refractivity contribution in [2.24, 2.45) is 0 Å². The maximum absolute atomic E-state index is 4.32. The number of nitrogens with zero attached hydrogens (tertiary/aromatic N) is 5. The Morgan fingerprint density at radius 2 is 1.92 bits per heavy atom. The van der Waals surface area contributed by atoms with Crippen molar-refractivity contribution in [3.8, 4) is 11.1 Å². The molecule has 4 heterocycles. The minimum absolute atomic E-state index is 0.920. The van der Waals surface area contributed by atoms with Gasteiger partial charge in [0.25, 0.3) is 0 Å². The lowest BCUT2D eigenvalue weighted by Crippen LogP contribution is -2.43. The Morgan fingerprint density at radius 1 is 1.04 bits per heavy atom. The van der Waals surface area contributed by atoms with E-state index in [2.05, 4.69) is 72.5 Å². The normalized spacial score (nSPS) is 16.7. The van der Waals surface area contributed by atoms with E-state index in [9.17, 15) is 0 Å². The van der Waals surface area contributed by atoms with Crippen LogP contribution in [0.15, 0.2) is 47.4 Å². The number of fused-ring (bicyclic) bond motifs is 3. The second-order valence-electron chi connectivity index (χ2n) is 7.05. The Morgan fingerprint density at radius 3 is 2.73 bits per heavy atom. The monoisotopic (exact) mass is 363 g/mol. The summed E-state index contributed by atoms with van der Waals surface area (Å²) in [7, 11) is 2.20. The summed E-state index contributed by atoms with van der Waals surface area (Å²) < 4.78 is 2.10. The van der Waals surface area contributed by atoms with Crippen LogP contribution in [0.3, 0.4) is 0 Å². The summed E-state index contributed by atoms with van der Waals surface area (Å²) in [5.74, 6) is 0. The zero-order valence-electron chi connectivity index (χ0n) is 14.8. The number of rotatable bonds is 3. The predicted molar refractivity (Wildman–Crippen MR) is 107 cm³/mol. The van der Waals surface area contributed by atoms with Crippen LogP contribution in [0.4, 0.5) is 0 Å². The molecule has 1 aromatic carbocycles. The highest BCUT2D eigenvalue weighted by Crippen LogP contribution is 2.29. The van der Waals surface area contributed by atoms with E-state index in [1.165, 1.54) is 27.6 Å². The molecule has 0 aliphatic carbocycles. The number of likely N-dealkylation sites (N-methyl/N-ethyl adjacent to an activating group) is 1. The molecular weight excluding hydrogens is 342 g/mol. The Labute approximate surface area is 156 Å². The Balaban J connectivity index is 1.61. The molecule has 0 bridgehead atoms. The maximum Gasteiger partial charge on any atom is 0.161 e. The van der Waals surface area contributed by atoms with Crippen LogP contribution in [-0.4, -0.2) is 57.6 Å². The van der Waals surface area contributed by atoms with Crippen LogP contribution in [0.5, 0.6) is 0 Å². The van der Waals surface area contributed by atoms with Crippen LogP contribution in [0.25, 0.3) is 27.7 Å². The SMILES string of the molecule is CN1CCN(Cc2cc3nncn3c3cc(-c4ccsc4)ccc23)CC1. The molecule has 0 radical (unpaired) electrons. The van der Waals surface area contributed by atoms with Crippen LogP contribution < -0.4 is 0 Å². The van der Waals surface area contributed by atoms with E-state index in [1.807, 2.05) is 6.33 Å². The summed E-state index contributed by atoms with van der Waals surface area (Å²) in [6.45, 7) is 5.46. The van der Waals surface area contributed by atoms with Crippen molar-refractivity contribution in [1.29, 1.82) is 0 Å². The summed E-state index contributed by atoms with van der Waals surface area (Å²) >= 11 is 1.73. The van der Waals surface area contributed by atoms with Gasteiger partial charge in [0.1, 0.15) is 6.33 Å². The van der Waals surface area contributed by atoms with Gasteiger partial charge in [-0.25, -0.2) is 0 Å². The molecule has 0 N–H and O–H groups in total. The molecule has 1 fully saturated rings. The van der Waals surface area contributed by atoms with Gasteiger partial charge in [0.05, 0.1) is 5.52 Å². The number of benzene rings is 1. The van der Waals surface area contributed by atoms with Crippen LogP contribution >= 0.6 is 11.3 Å². The smallest absolute Gasteiger partial charge is 0.161 e. The first-order chi connectivity index (χ1) is 12.8. The highest BCUT2D eigenvalue weighted by atomic mass is 32.1. The van der Waals surface area contributed by atoms with Gasteiger partial charge in [-0.15, -0.1) is 10.2 Å². The molecule has 132 valence electrons. The fourth-order valence-corrected chi connectivity index (χ4v) is 4.42. The number of pyridine rings is 1. The Hall–Kier alpha value is -2.28. The van der Waals surface area contributed by atoms with Crippen molar-refractivity contribution >= 4 is 27.9 Å². The van der Waals surface area contributed by atoms with Crippen molar-refractivity contribution in [2.75, 3.05) is 33.2 Å². The van der Waals surface area contributed by atoms with Gasteiger partial charge >= 0.3 is 0 Å². The molecule has 4 aromatic rings. The largest absolute Gasteiger partial charge is 0.304 e. The van der Waals surface area contributed by atoms with Gasteiger partial charge in [0.2, 0.25) is 0 Å². The van der Waals surface area contributed by atoms with Crippen LogP contribution in [0.1, 0.15) is 5.56 Å². The van der Waals surface area contributed by atoms with Gasteiger partial charge < -0.3 is 4.90 Å². The highest BCUT2D eigenvalue weighted by molar-refractivity contribution is 7.08. The number of hydrogen-bond acceptors (Lipinski definition) is 5. The fraction of sp³-hybridized carbons (Fsp3) is 0.300. The molecule has 26 heavy (non-hydrogen) atoms. The van der Waals surface area contributed by atoms with E-state index >= 15 is 0 Å². The second-order valence-corrected chi connectivity index (χ2v) is 7.83. The zero-order valence-corrected chi connectivity index (χ0v) is 15.6. The number of aromatic nitrogens is 3. The molecule has 0 unspecified atom stereocenters. The molecule has 6 heteroatoms. The number of piperazine rings is 1. The first-order valence-corrected chi connectivity index (χ1v) is 9.91. The quantitative estimate of drug-likeness (QED) is 0.559. The van der Waals surface area contributed by atoms with Gasteiger partial charge in [-0.3, -0.25) is 9.30 Å². The van der Waals surface area contributed by atoms with Crippen molar-refractivity contribution < 1.29 is 0 Å². The third-order valence-electron chi connectivity index (χ3n) is 5.33. The van der Waals surface area contributed by atoms with E-state index in [4.69, 9.17) is 0 Å². The standard InChI is InChI=1S/C20H21N5S/c1-23-5-7-24(8-6-23)12-17-11-20-22-21-14-25(20)19-10-15(2-3-18(17)19)16-4-9-26-13-16/h2-4,9-11,13-14H,5-8,12H2,1H3. The van der Waals surface area contributed by atoms with Crippen molar-refractivity contribution in [3.05, 3.63) is 53.0 Å². The molecule has 1 saturated heterocycles. The molecule has 5 nitrogen and oxygen atoms in total. The number of thiophene rings is 1. The van der Waals surface area contributed by atoms with Gasteiger partial charge in [0.15, 0.2) is 5.65 Å². The van der Waals surface area contributed by atoms with E-state index in [-0.39, 0.29) is 0 Å². The average molecular weight is 363 g/mol. The van der Waals surface area contributed by atoms with Crippen LogP contribution in [0, 0.1) is 0 Å². The minimum Gasteiger partial charge on any atom is -0.304 e. The maximum atomic E-state index is 4.32. The Bertz CT molecular complexity index is 1040. The lowest BCUT2D eigenvalue weighted by molar-refractivity contribution is 0.148. The molecular formula is C20H21N5S. The van der Waals surface area contributed by atoms with Gasteiger partial charge in [-0.05, 0) is 52.7 Å². The van der Waals surface area contributed by atoms with E-state index < -0.39 is 0 Å². The average Bonchev–Trinajstić information content (AvgIpc) is 3.35. The van der Waals surface area contributed by atoms with Crippen molar-refractivity contribution in [3.63, 3.8) is 0 Å². The first kappa shape index (κ1) is 15.9. The second kappa shape index (κ2) is 6.46. The summed E-state index contributed by atoms with van der Waals surface area (Å²) in [6, 6.07) is 11.1. The fourth-order valence-electron chi connectivity index (χ4n) is 3.75. The lowest BCUT2D eigenvalue weighted by atomic mass is 10.0. The molecule has 0 spiro atoms. The molecule has 1 aliphatic rings. The molecule has 0 amide bonds. The summed E-state index contributed by atoms with van der Waals surface area (Å²) in [6.07, 6.45) is 1.81. The van der Waals surface area contributed by atoms with Crippen LogP contribution in [-0.2, 0) is 6.54 Å². The highest BCUT2D eigenvalue weighted by Gasteiger charge is 2.16. The molecule has 1 aliphatic heterocycles. The van der Waals surface area contributed by atoms with Gasteiger partial charge in [0, 0.05) is 38.1 Å². The lowest BCUT2D eigenvalue weighted by Gasteiger charge is -2.32. The molecule has 3 aromatic heterocycles. The Kier molecular flexibility index (Phi) is 3.96. The third kappa shape index (κ3) is 2.80. The van der Waals surface area contributed by atoms with E-state index in [0.29, 0.717) is 0 Å². The molecule has 0 atom stereocenters. The third-order valence-corrected chi connectivity index (χ3v) is 6.01. The van der Waals surface area contributed by atoms with Crippen molar-refractivity contribution in [1.82, 2.24) is 24.4 Å². The zero-order chi connectivity index (χ0) is 17.5. The van der Waals surface area contributed by atoms with E-state index in [1.54, 1.807) is 11.3 Å². The van der Waals surface area contributed by atoms with Gasteiger partial charge in [-0.1, -0.05) is 12.1 Å².